The molecule has 8 heavy (non-hydrogen) atoms. The van der Waals surface area contributed by atoms with E-state index >= 15 is 0 Å². The second-order valence-corrected chi connectivity index (χ2v) is 1.04. The minimum atomic E-state index is -0.736. The van der Waals surface area contributed by atoms with Crippen LogP contribution in [0.5, 0.6) is 0 Å². The highest BCUT2D eigenvalue weighted by molar-refractivity contribution is 15.0. The minimum absolute atomic E-state index is 0.150. The third-order valence-electron chi connectivity index (χ3n) is 0.348. The molecule has 1 unspecified atom stereocenters. The van der Waals surface area contributed by atoms with Crippen molar-refractivity contribution in [2.24, 2.45) is 0 Å². The number of rotatable bonds is 2. The van der Waals surface area contributed by atoms with Crippen molar-refractivity contribution in [2.75, 3.05) is 13.6 Å². The molecule has 0 aromatic carbocycles. The van der Waals surface area contributed by atoms with Crippen LogP contribution in [0.3, 0.4) is 0 Å². The summed E-state index contributed by atoms with van der Waals surface area (Å²) in [6.07, 6.45) is 0. The molecule has 0 spiro atoms. The van der Waals surface area contributed by atoms with Crippen LogP contribution in [0.1, 0.15) is 8.29 Å². The second-order valence-electron chi connectivity index (χ2n) is 1.04. The van der Waals surface area contributed by atoms with Gasteiger partial charge in [-0.15, -0.1) is 0 Å². The Hall–Kier alpha value is 1.09. The fourth-order valence-electron chi connectivity index (χ4n) is 0.203. The number of hydrogen-bond acceptors (Lipinski definition) is 2. The summed E-state index contributed by atoms with van der Waals surface area (Å²) in [5, 5.41) is 2.48. The van der Waals surface area contributed by atoms with E-state index in [1.807, 2.05) is 0 Å². The van der Waals surface area contributed by atoms with Gasteiger partial charge in [0.15, 0.2) is 0 Å². The molecule has 0 aliphatic heterocycles. The summed E-state index contributed by atoms with van der Waals surface area (Å²) >= 11 is 4.24. The first-order valence-electron chi connectivity index (χ1n) is 2.50. The van der Waals surface area contributed by atoms with Gasteiger partial charge in [0.05, 0.1) is 7.89 Å². The van der Waals surface area contributed by atoms with E-state index in [0.29, 0.717) is 0 Å². The van der Waals surface area contributed by atoms with Crippen molar-refractivity contribution in [3.63, 3.8) is 0 Å². The highest BCUT2D eigenvalue weighted by Crippen LogP contribution is 1.89. The smallest absolute Gasteiger partial charge is 0.143 e. The Morgan fingerprint density at radius 1 is 1.88 bits per heavy atom. The molecule has 0 saturated carbocycles. The van der Waals surface area contributed by atoms with Crippen LogP contribution < -0.4 is 5.32 Å². The van der Waals surface area contributed by atoms with Crippen molar-refractivity contribution in [2.45, 2.75) is 6.92 Å². The Morgan fingerprint density at radius 2 is 2.25 bits per heavy atom. The lowest BCUT2D eigenvalue weighted by atomic mass is 10.5. The van der Waals surface area contributed by atoms with E-state index in [9.17, 15) is 4.79 Å². The maximum Gasteiger partial charge on any atom is 0.143 e. The van der Waals surface area contributed by atoms with Crippen LogP contribution in [0, 0.1) is 0 Å². The Morgan fingerprint density at radius 3 is 2.25 bits per heavy atom. The van der Waals surface area contributed by atoms with E-state index in [1.165, 1.54) is 6.92 Å². The molecule has 0 bridgehead atoms. The summed E-state index contributed by atoms with van der Waals surface area (Å²) < 4.78 is 6.81. The van der Waals surface area contributed by atoms with Crippen LogP contribution in [-0.2, 0) is 4.79 Å². The molecule has 0 radical (unpaired) electrons. The minimum Gasteiger partial charge on any atom is -0.313 e. The normalized spacial score (nSPS) is 12.8. The first-order valence-corrected chi connectivity index (χ1v) is 8.21. The van der Waals surface area contributed by atoms with Gasteiger partial charge in [0.25, 0.3) is 0 Å². The SMILES string of the molecule is II.[3H]C(NC)C(C)=O. The van der Waals surface area contributed by atoms with Gasteiger partial charge < -0.3 is 5.32 Å². The first kappa shape index (κ1) is 9.09. The molecule has 1 N–H and O–H groups in total. The summed E-state index contributed by atoms with van der Waals surface area (Å²) in [7, 11) is 1.58. The van der Waals surface area contributed by atoms with Gasteiger partial charge in [-0.25, -0.2) is 0 Å². The van der Waals surface area contributed by atoms with Gasteiger partial charge in [-0.2, -0.15) is 0 Å². The van der Waals surface area contributed by atoms with Crippen molar-refractivity contribution < 1.29 is 6.17 Å². The van der Waals surface area contributed by atoms with Crippen molar-refractivity contribution >= 4 is 43.0 Å². The molecule has 0 heterocycles. The number of carbonyl (C=O) groups is 1. The highest BCUT2D eigenvalue weighted by atomic mass is 128. The maximum absolute atomic E-state index is 10.1. The summed E-state index contributed by atoms with van der Waals surface area (Å²) in [6.45, 7) is 0.647. The lowest BCUT2D eigenvalue weighted by Gasteiger charge is -1.85. The Bertz CT molecular complexity index is 81.0. The average molecular weight is 343 g/mol. The van der Waals surface area contributed by atoms with Crippen molar-refractivity contribution in [3.8, 4) is 0 Å². The first-order chi connectivity index (χ1) is 4.18. The van der Waals surface area contributed by atoms with Crippen LogP contribution >= 0.6 is 37.2 Å². The quantitative estimate of drug-likeness (QED) is 0.772. The second kappa shape index (κ2) is 11.0. The molecular formula is C4H9I2NO. The van der Waals surface area contributed by atoms with Crippen LogP contribution in [0.15, 0.2) is 0 Å². The molecule has 0 aromatic rings. The van der Waals surface area contributed by atoms with E-state index < -0.39 is 6.52 Å². The molecule has 0 amide bonds. The Balaban J connectivity index is 0. The topological polar surface area (TPSA) is 29.1 Å². The fraction of sp³-hybridized carbons (Fsp3) is 0.750. The van der Waals surface area contributed by atoms with E-state index in [-0.39, 0.29) is 5.78 Å². The van der Waals surface area contributed by atoms with E-state index in [2.05, 4.69) is 42.5 Å². The molecule has 0 saturated heterocycles. The molecule has 0 aliphatic rings. The molecule has 2 nitrogen and oxygen atoms in total. The van der Waals surface area contributed by atoms with Crippen molar-refractivity contribution in [1.29, 1.82) is 0 Å². The summed E-state index contributed by atoms with van der Waals surface area (Å²) in [5.74, 6) is -0.150. The number of nitrogens with one attached hydrogen (secondary N) is 1. The third-order valence-corrected chi connectivity index (χ3v) is 0.348. The molecule has 50 valence electrons. The van der Waals surface area contributed by atoms with Gasteiger partial charge in [0.2, 0.25) is 0 Å². The van der Waals surface area contributed by atoms with E-state index in [1.54, 1.807) is 7.05 Å². The molecule has 0 aliphatic carbocycles. The maximum atomic E-state index is 10.1. The van der Waals surface area contributed by atoms with Crippen LogP contribution in [0.4, 0.5) is 0 Å². The molecule has 0 rings (SSSR count). The largest absolute Gasteiger partial charge is 0.313 e. The number of halogens is 2. The van der Waals surface area contributed by atoms with Crippen molar-refractivity contribution in [3.05, 3.63) is 0 Å². The molecule has 0 aromatic heterocycles. The number of carbonyl (C=O) groups excluding carboxylic acids is 1. The Kier molecular flexibility index (Phi) is 12.5. The zero-order valence-corrected chi connectivity index (χ0v) is 9.06. The van der Waals surface area contributed by atoms with E-state index in [4.69, 9.17) is 1.37 Å². The van der Waals surface area contributed by atoms with Gasteiger partial charge in [-0.1, -0.05) is 0 Å². The fourth-order valence-corrected chi connectivity index (χ4v) is 0.203. The highest BCUT2D eigenvalue weighted by Gasteiger charge is 1.82. The van der Waals surface area contributed by atoms with Gasteiger partial charge in [-0.3, -0.25) is 4.79 Å². The standard InChI is InChI=1S/C4H9NO.I2/c1-4(6)3-5-2;1-2/h5H,3H2,1-2H3;/i3T;. The third kappa shape index (κ3) is 15.7. The number of hydrogen-bond donors (Lipinski definition) is 1. The van der Waals surface area contributed by atoms with Crippen LogP contribution in [0.25, 0.3) is 0 Å². The van der Waals surface area contributed by atoms with Crippen molar-refractivity contribution in [1.82, 2.24) is 5.32 Å². The van der Waals surface area contributed by atoms with Crippen LogP contribution in [0.2, 0.25) is 0 Å². The average Bonchev–Trinajstić information content (AvgIpc) is 1.91. The predicted molar refractivity (Wildman–Crippen MR) is 52.6 cm³/mol. The predicted octanol–water partition coefficient (Wildman–Crippen LogP) is 1.57. The summed E-state index contributed by atoms with van der Waals surface area (Å²) in [5.41, 5.74) is 0. The lowest BCUT2D eigenvalue weighted by Crippen LogP contribution is -2.14. The Labute approximate surface area is 74.5 Å². The number of likely N-dealkylation sites (N-methyl/N-ethyl adjacent to an activating group) is 1. The zero-order valence-electron chi connectivity index (χ0n) is 5.74. The summed E-state index contributed by atoms with van der Waals surface area (Å²) in [6, 6.07) is 0. The zero-order chi connectivity index (χ0) is 7.86. The van der Waals surface area contributed by atoms with E-state index in [0.717, 1.165) is 0 Å². The lowest BCUT2D eigenvalue weighted by molar-refractivity contribution is -0.116. The summed E-state index contributed by atoms with van der Waals surface area (Å²) in [4.78, 5) is 10.1. The van der Waals surface area contributed by atoms with Crippen LogP contribution in [-0.4, -0.2) is 19.4 Å². The van der Waals surface area contributed by atoms with Gasteiger partial charge >= 0.3 is 0 Å². The molecule has 0 fully saturated rings. The molecule has 4 heteroatoms. The molecular weight excluding hydrogens is 332 g/mol. The number of Topliss-reactive ketones (excluding diaryl/α,β-unsaturated/α-hetero) is 1. The number of ketones is 1. The van der Waals surface area contributed by atoms with Gasteiger partial charge in [0.1, 0.15) is 5.78 Å². The van der Waals surface area contributed by atoms with Gasteiger partial charge in [-0.05, 0) is 14.0 Å². The van der Waals surface area contributed by atoms with Gasteiger partial charge in [0, 0.05) is 37.2 Å². The molecule has 1 atom stereocenters. The monoisotopic (exact) mass is 343 g/mol.